The second kappa shape index (κ2) is 8.09. The molecule has 3 aromatic rings. The summed E-state index contributed by atoms with van der Waals surface area (Å²) in [5, 5.41) is 4.14. The largest absolute Gasteiger partial charge is 0.335 e. The first-order valence-electron chi connectivity index (χ1n) is 7.74. The molecule has 0 aliphatic carbocycles. The van der Waals surface area contributed by atoms with Crippen molar-refractivity contribution in [1.82, 2.24) is 0 Å². The molecule has 3 aromatic heterocycles. The van der Waals surface area contributed by atoms with E-state index in [-0.39, 0.29) is 0 Å². The lowest BCUT2D eigenvalue weighted by Crippen LogP contribution is -1.99. The molecular weight excluding hydrogens is 379 g/mol. The van der Waals surface area contributed by atoms with Crippen LogP contribution in [0.25, 0.3) is 19.5 Å². The normalized spacial score (nSPS) is 11.9. The molecule has 0 saturated carbocycles. The molecule has 0 aliphatic heterocycles. The Morgan fingerprint density at radius 2 is 1.58 bits per heavy atom. The third-order valence-corrected chi connectivity index (χ3v) is 8.66. The number of rotatable bonds is 8. The van der Waals surface area contributed by atoms with Crippen LogP contribution in [0.2, 0.25) is 0 Å². The van der Waals surface area contributed by atoms with Crippen LogP contribution < -0.4 is 0 Å². The molecule has 3 rings (SSSR count). The van der Waals surface area contributed by atoms with Gasteiger partial charge < -0.3 is 9.05 Å². The fraction of sp³-hybridized carbons (Fsp3) is 0.294. The molecule has 0 bridgehead atoms. The van der Waals surface area contributed by atoms with E-state index in [0.29, 0.717) is 19.4 Å². The lowest BCUT2D eigenvalue weighted by atomic mass is 10.2. The summed E-state index contributed by atoms with van der Waals surface area (Å²) in [5.74, 6) is 0. The molecule has 0 spiro atoms. The minimum Gasteiger partial charge on any atom is -0.309 e. The van der Waals surface area contributed by atoms with Crippen LogP contribution in [0.3, 0.4) is 0 Å². The van der Waals surface area contributed by atoms with Crippen molar-refractivity contribution in [3.63, 3.8) is 0 Å². The third-order valence-electron chi connectivity index (χ3n) is 3.33. The summed E-state index contributed by atoms with van der Waals surface area (Å²) in [5.41, 5.74) is 1.04. The molecule has 3 nitrogen and oxygen atoms in total. The minimum atomic E-state index is -3.12. The van der Waals surface area contributed by atoms with Crippen LogP contribution in [0.4, 0.5) is 0 Å². The second-order valence-electron chi connectivity index (χ2n) is 5.02. The highest BCUT2D eigenvalue weighted by Crippen LogP contribution is 2.54. The highest BCUT2D eigenvalue weighted by Gasteiger charge is 2.27. The minimum absolute atomic E-state index is 0.309. The summed E-state index contributed by atoms with van der Waals surface area (Å²) in [6, 6.07) is 10.4. The van der Waals surface area contributed by atoms with Gasteiger partial charge in [0, 0.05) is 19.5 Å². The van der Waals surface area contributed by atoms with Gasteiger partial charge >= 0.3 is 7.60 Å². The molecule has 0 saturated heterocycles. The Morgan fingerprint density at radius 3 is 2.12 bits per heavy atom. The van der Waals surface area contributed by atoms with Crippen molar-refractivity contribution in [3.8, 4) is 19.5 Å². The molecule has 0 aromatic carbocycles. The molecule has 24 heavy (non-hydrogen) atoms. The molecule has 0 unspecified atom stereocenters. The van der Waals surface area contributed by atoms with Crippen molar-refractivity contribution in [2.75, 3.05) is 13.2 Å². The standard InChI is InChI=1S/C17H19O3PS3/c1-3-19-21(18,20-4-2)12-13-11-16(14-7-5-9-22-14)24-17(13)15-8-6-10-23-15/h5-11H,3-4,12H2,1-2H3. The van der Waals surface area contributed by atoms with Crippen LogP contribution in [0.5, 0.6) is 0 Å². The number of hydrogen-bond acceptors (Lipinski definition) is 6. The molecular formula is C17H19O3PS3. The van der Waals surface area contributed by atoms with Crippen molar-refractivity contribution < 1.29 is 13.6 Å². The summed E-state index contributed by atoms with van der Waals surface area (Å²) in [7, 11) is -3.12. The van der Waals surface area contributed by atoms with Gasteiger partial charge in [0.15, 0.2) is 0 Å². The molecule has 7 heteroatoms. The Bertz CT molecular complexity index is 796. The average molecular weight is 399 g/mol. The van der Waals surface area contributed by atoms with Gasteiger partial charge in [0.25, 0.3) is 0 Å². The maximum Gasteiger partial charge on any atom is 0.335 e. The molecule has 0 amide bonds. The van der Waals surface area contributed by atoms with Crippen molar-refractivity contribution in [1.29, 1.82) is 0 Å². The van der Waals surface area contributed by atoms with Crippen molar-refractivity contribution in [3.05, 3.63) is 46.7 Å². The van der Waals surface area contributed by atoms with Crippen LogP contribution in [-0.2, 0) is 19.8 Å². The van der Waals surface area contributed by atoms with E-state index in [1.54, 1.807) is 34.0 Å². The predicted molar refractivity (Wildman–Crippen MR) is 106 cm³/mol. The number of thiophene rings is 3. The van der Waals surface area contributed by atoms with E-state index < -0.39 is 7.60 Å². The molecule has 0 aliphatic rings. The zero-order valence-corrected chi connectivity index (χ0v) is 16.9. The van der Waals surface area contributed by atoms with Crippen molar-refractivity contribution >= 4 is 41.6 Å². The van der Waals surface area contributed by atoms with Crippen LogP contribution in [0.15, 0.2) is 41.1 Å². The maximum atomic E-state index is 13.0. The molecule has 0 radical (unpaired) electrons. The van der Waals surface area contributed by atoms with Crippen LogP contribution in [0.1, 0.15) is 19.4 Å². The summed E-state index contributed by atoms with van der Waals surface area (Å²) in [6.45, 7) is 4.45. The van der Waals surface area contributed by atoms with Gasteiger partial charge in [-0.15, -0.1) is 34.0 Å². The topological polar surface area (TPSA) is 35.5 Å². The summed E-state index contributed by atoms with van der Waals surface area (Å²) in [4.78, 5) is 4.78. The van der Waals surface area contributed by atoms with Crippen molar-refractivity contribution in [2.45, 2.75) is 20.0 Å². The van der Waals surface area contributed by atoms with Gasteiger partial charge in [-0.05, 0) is 48.4 Å². The van der Waals surface area contributed by atoms with Gasteiger partial charge in [-0.1, -0.05) is 12.1 Å². The first-order chi connectivity index (χ1) is 11.6. The zero-order chi connectivity index (χ0) is 17.0. The van der Waals surface area contributed by atoms with E-state index >= 15 is 0 Å². The van der Waals surface area contributed by atoms with Gasteiger partial charge in [-0.2, -0.15) is 0 Å². The summed E-state index contributed by atoms with van der Waals surface area (Å²) >= 11 is 5.15. The predicted octanol–water partition coefficient (Wildman–Crippen LogP) is 6.97. The molecule has 0 atom stereocenters. The van der Waals surface area contributed by atoms with Gasteiger partial charge in [-0.25, -0.2) is 0 Å². The Hall–Kier alpha value is -0.750. The smallest absolute Gasteiger partial charge is 0.309 e. The Balaban J connectivity index is 2.00. The third kappa shape index (κ3) is 4.07. The van der Waals surface area contributed by atoms with Gasteiger partial charge in [-0.3, -0.25) is 4.57 Å². The average Bonchev–Trinajstić information content (AvgIpc) is 3.29. The fourth-order valence-electron chi connectivity index (χ4n) is 2.43. The van der Waals surface area contributed by atoms with E-state index in [1.165, 1.54) is 14.6 Å². The first kappa shape index (κ1) is 18.1. The van der Waals surface area contributed by atoms with E-state index in [0.717, 1.165) is 10.4 Å². The zero-order valence-electron chi connectivity index (χ0n) is 13.6. The van der Waals surface area contributed by atoms with Crippen LogP contribution >= 0.6 is 41.6 Å². The highest BCUT2D eigenvalue weighted by molar-refractivity contribution is 7.53. The van der Waals surface area contributed by atoms with E-state index in [1.807, 2.05) is 19.9 Å². The van der Waals surface area contributed by atoms with E-state index in [4.69, 9.17) is 9.05 Å². The van der Waals surface area contributed by atoms with Gasteiger partial charge in [0.05, 0.1) is 19.4 Å². The summed E-state index contributed by atoms with van der Waals surface area (Å²) < 4.78 is 23.9. The van der Waals surface area contributed by atoms with Crippen LogP contribution in [-0.4, -0.2) is 13.2 Å². The maximum absolute atomic E-state index is 13.0. The Kier molecular flexibility index (Phi) is 6.08. The highest BCUT2D eigenvalue weighted by atomic mass is 32.1. The lowest BCUT2D eigenvalue weighted by molar-refractivity contribution is 0.219. The Labute approximate surface area is 154 Å². The first-order valence-corrected chi connectivity index (χ1v) is 12.0. The summed E-state index contributed by atoms with van der Waals surface area (Å²) in [6.07, 6.45) is 0.309. The monoisotopic (exact) mass is 398 g/mol. The SMILES string of the molecule is CCOP(=O)(Cc1cc(-c2cccs2)sc1-c1cccs1)OCC. The van der Waals surface area contributed by atoms with Crippen molar-refractivity contribution in [2.24, 2.45) is 0 Å². The van der Waals surface area contributed by atoms with Gasteiger partial charge in [0.2, 0.25) is 0 Å². The number of hydrogen-bond donors (Lipinski definition) is 0. The molecule has 128 valence electrons. The van der Waals surface area contributed by atoms with E-state index in [2.05, 4.69) is 35.0 Å². The second-order valence-corrected chi connectivity index (χ2v) is 10.0. The molecule has 3 heterocycles. The van der Waals surface area contributed by atoms with Crippen LogP contribution in [0, 0.1) is 0 Å². The lowest BCUT2D eigenvalue weighted by Gasteiger charge is -2.17. The van der Waals surface area contributed by atoms with Gasteiger partial charge in [0.1, 0.15) is 0 Å². The quantitative estimate of drug-likeness (QED) is 0.384. The Morgan fingerprint density at radius 1 is 0.958 bits per heavy atom. The van der Waals surface area contributed by atoms with E-state index in [9.17, 15) is 4.57 Å². The fourth-order valence-corrected chi connectivity index (χ4v) is 7.14. The molecule has 0 N–H and O–H groups in total. The molecule has 0 fully saturated rings.